The minimum absolute atomic E-state index is 0.0164. The molecule has 0 bridgehead atoms. The first-order valence-electron chi connectivity index (χ1n) is 10.6. The van der Waals surface area contributed by atoms with Crippen molar-refractivity contribution in [3.05, 3.63) is 29.8 Å². The summed E-state index contributed by atoms with van der Waals surface area (Å²) in [6.07, 6.45) is 5.11. The third kappa shape index (κ3) is 5.58. The number of aryl methyl sites for hydroxylation is 1. The zero-order valence-corrected chi connectivity index (χ0v) is 17.3. The summed E-state index contributed by atoms with van der Waals surface area (Å²) in [5.74, 6) is -2.00. The fourth-order valence-corrected chi connectivity index (χ4v) is 4.09. The van der Waals surface area contributed by atoms with Gasteiger partial charge in [-0.3, -0.25) is 19.2 Å². The smallest absolute Gasteiger partial charge is 0.311 e. The number of anilines is 1. The lowest BCUT2D eigenvalue weighted by Gasteiger charge is -2.23. The van der Waals surface area contributed by atoms with Crippen molar-refractivity contribution < 1.29 is 23.9 Å². The molecule has 1 saturated carbocycles. The van der Waals surface area contributed by atoms with E-state index in [1.54, 1.807) is 11.0 Å². The lowest BCUT2D eigenvalue weighted by molar-refractivity contribution is -0.152. The summed E-state index contributed by atoms with van der Waals surface area (Å²) in [6, 6.07) is 7.69. The molecule has 0 spiro atoms. The van der Waals surface area contributed by atoms with E-state index < -0.39 is 24.4 Å². The monoisotopic (exact) mass is 415 g/mol. The summed E-state index contributed by atoms with van der Waals surface area (Å²) in [5, 5.41) is 5.20. The van der Waals surface area contributed by atoms with E-state index in [4.69, 9.17) is 4.74 Å². The zero-order chi connectivity index (χ0) is 21.5. The fourth-order valence-electron chi connectivity index (χ4n) is 4.09. The van der Waals surface area contributed by atoms with E-state index in [2.05, 4.69) is 10.6 Å². The molecule has 0 unspecified atom stereocenters. The number of hydrogen-bond acceptors (Lipinski definition) is 5. The average molecular weight is 415 g/mol. The van der Waals surface area contributed by atoms with Crippen LogP contribution in [0.1, 0.15) is 44.6 Å². The highest BCUT2D eigenvalue weighted by Crippen LogP contribution is 2.29. The van der Waals surface area contributed by atoms with Gasteiger partial charge in [-0.15, -0.1) is 0 Å². The van der Waals surface area contributed by atoms with Crippen molar-refractivity contribution in [3.63, 3.8) is 0 Å². The highest BCUT2D eigenvalue weighted by molar-refractivity contribution is 5.95. The number of amides is 3. The molecule has 2 fully saturated rings. The van der Waals surface area contributed by atoms with Gasteiger partial charge in [0.1, 0.15) is 0 Å². The third-order valence-corrected chi connectivity index (χ3v) is 5.72. The lowest BCUT2D eigenvalue weighted by Crippen LogP contribution is -2.37. The maximum absolute atomic E-state index is 12.2. The molecule has 1 heterocycles. The molecule has 1 aliphatic carbocycles. The standard InChI is InChI=1S/C22H29N3O5/c1-2-15-7-3-6-10-18(15)24-19(26)12-23-20(27)14-30-22(29)16-11-21(28)25(13-16)17-8-4-5-9-17/h3,6-7,10,16-17H,2,4-5,8-9,11-14H2,1H3,(H,23,27)(H,24,26)/t16-/m0/s1. The van der Waals surface area contributed by atoms with Crippen LogP contribution in [-0.4, -0.2) is 54.3 Å². The minimum Gasteiger partial charge on any atom is -0.455 e. The number of benzene rings is 1. The van der Waals surface area contributed by atoms with Crippen LogP contribution in [0.5, 0.6) is 0 Å². The van der Waals surface area contributed by atoms with Gasteiger partial charge in [0.15, 0.2) is 6.61 Å². The van der Waals surface area contributed by atoms with Crippen LogP contribution in [-0.2, 0) is 30.3 Å². The predicted octanol–water partition coefficient (Wildman–Crippen LogP) is 1.64. The summed E-state index contributed by atoms with van der Waals surface area (Å²) in [7, 11) is 0. The number of hydrogen-bond donors (Lipinski definition) is 2. The normalized spacial score (nSPS) is 19.0. The molecule has 2 N–H and O–H groups in total. The minimum atomic E-state index is -0.556. The van der Waals surface area contributed by atoms with E-state index >= 15 is 0 Å². The third-order valence-electron chi connectivity index (χ3n) is 5.72. The van der Waals surface area contributed by atoms with Crippen LogP contribution in [0.4, 0.5) is 5.69 Å². The first-order chi connectivity index (χ1) is 14.5. The Morgan fingerprint density at radius 1 is 1.13 bits per heavy atom. The van der Waals surface area contributed by atoms with E-state index in [1.807, 2.05) is 25.1 Å². The summed E-state index contributed by atoms with van der Waals surface area (Å²) in [5.41, 5.74) is 1.72. The summed E-state index contributed by atoms with van der Waals surface area (Å²) >= 11 is 0. The second-order valence-corrected chi connectivity index (χ2v) is 7.83. The van der Waals surface area contributed by atoms with Crippen LogP contribution in [0.25, 0.3) is 0 Å². The first-order valence-corrected chi connectivity index (χ1v) is 10.6. The van der Waals surface area contributed by atoms with Crippen molar-refractivity contribution in [3.8, 4) is 0 Å². The Balaban J connectivity index is 1.37. The van der Waals surface area contributed by atoms with Crippen LogP contribution >= 0.6 is 0 Å². The summed E-state index contributed by atoms with van der Waals surface area (Å²) in [6.45, 7) is 1.67. The van der Waals surface area contributed by atoms with Gasteiger partial charge in [0, 0.05) is 24.7 Å². The molecule has 1 aromatic rings. The second-order valence-electron chi connectivity index (χ2n) is 7.83. The molecule has 8 heteroatoms. The highest BCUT2D eigenvalue weighted by Gasteiger charge is 2.39. The largest absolute Gasteiger partial charge is 0.455 e. The quantitative estimate of drug-likeness (QED) is 0.628. The molecular weight excluding hydrogens is 386 g/mol. The maximum Gasteiger partial charge on any atom is 0.311 e. The number of nitrogens with zero attached hydrogens (tertiary/aromatic N) is 1. The van der Waals surface area contributed by atoms with Crippen molar-refractivity contribution in [2.75, 3.05) is 25.0 Å². The number of ether oxygens (including phenoxy) is 1. The number of para-hydroxylation sites is 1. The summed E-state index contributed by atoms with van der Waals surface area (Å²) in [4.78, 5) is 50.2. The topological polar surface area (TPSA) is 105 Å². The van der Waals surface area contributed by atoms with Gasteiger partial charge < -0.3 is 20.3 Å². The maximum atomic E-state index is 12.2. The molecule has 2 aliphatic rings. The van der Waals surface area contributed by atoms with Crippen molar-refractivity contribution in [2.45, 2.75) is 51.5 Å². The van der Waals surface area contributed by atoms with Crippen LogP contribution in [0.15, 0.2) is 24.3 Å². The molecular formula is C22H29N3O5. The van der Waals surface area contributed by atoms with E-state index in [0.717, 1.165) is 37.7 Å². The fraction of sp³-hybridized carbons (Fsp3) is 0.545. The Hall–Kier alpha value is -2.90. The zero-order valence-electron chi connectivity index (χ0n) is 17.3. The lowest BCUT2D eigenvalue weighted by atomic mass is 10.1. The van der Waals surface area contributed by atoms with Crippen molar-refractivity contribution in [1.29, 1.82) is 0 Å². The second kappa shape index (κ2) is 10.2. The Kier molecular flexibility index (Phi) is 7.43. The molecule has 3 amide bonds. The number of likely N-dealkylation sites (tertiary alicyclic amines) is 1. The van der Waals surface area contributed by atoms with Crippen molar-refractivity contribution in [2.24, 2.45) is 5.92 Å². The van der Waals surface area contributed by atoms with Gasteiger partial charge in [0.05, 0.1) is 12.5 Å². The van der Waals surface area contributed by atoms with Crippen LogP contribution < -0.4 is 10.6 Å². The van der Waals surface area contributed by atoms with Crippen LogP contribution in [0, 0.1) is 5.92 Å². The van der Waals surface area contributed by atoms with E-state index in [-0.39, 0.29) is 30.8 Å². The Bertz CT molecular complexity index is 804. The van der Waals surface area contributed by atoms with Gasteiger partial charge in [-0.25, -0.2) is 0 Å². The van der Waals surface area contributed by atoms with Gasteiger partial charge in [0.25, 0.3) is 5.91 Å². The molecule has 162 valence electrons. The highest BCUT2D eigenvalue weighted by atomic mass is 16.5. The molecule has 8 nitrogen and oxygen atoms in total. The van der Waals surface area contributed by atoms with Gasteiger partial charge in [-0.1, -0.05) is 38.0 Å². The number of esters is 1. The SMILES string of the molecule is CCc1ccccc1NC(=O)CNC(=O)COC(=O)[C@H]1CC(=O)N(C2CCCC2)C1. The average Bonchev–Trinajstić information content (AvgIpc) is 3.40. The Labute approximate surface area is 176 Å². The van der Waals surface area contributed by atoms with E-state index in [9.17, 15) is 19.2 Å². The number of nitrogens with one attached hydrogen (secondary N) is 2. The molecule has 30 heavy (non-hydrogen) atoms. The Morgan fingerprint density at radius 2 is 1.87 bits per heavy atom. The van der Waals surface area contributed by atoms with Crippen molar-refractivity contribution in [1.82, 2.24) is 10.2 Å². The number of carbonyl (C=O) groups is 4. The molecule has 1 aromatic carbocycles. The Morgan fingerprint density at radius 3 is 2.60 bits per heavy atom. The van der Waals surface area contributed by atoms with Gasteiger partial charge in [-0.05, 0) is 30.9 Å². The van der Waals surface area contributed by atoms with Gasteiger partial charge >= 0.3 is 5.97 Å². The molecule has 0 aromatic heterocycles. The number of carbonyl (C=O) groups excluding carboxylic acids is 4. The van der Waals surface area contributed by atoms with Gasteiger partial charge in [0.2, 0.25) is 11.8 Å². The molecule has 1 saturated heterocycles. The van der Waals surface area contributed by atoms with Crippen LogP contribution in [0.2, 0.25) is 0 Å². The number of rotatable bonds is 8. The summed E-state index contributed by atoms with van der Waals surface area (Å²) < 4.78 is 5.07. The van der Waals surface area contributed by atoms with Crippen molar-refractivity contribution >= 4 is 29.4 Å². The van der Waals surface area contributed by atoms with Crippen LogP contribution in [0.3, 0.4) is 0 Å². The first kappa shape index (κ1) is 21.8. The van der Waals surface area contributed by atoms with Gasteiger partial charge in [-0.2, -0.15) is 0 Å². The van der Waals surface area contributed by atoms with E-state index in [1.165, 1.54) is 0 Å². The molecule has 1 atom stereocenters. The molecule has 3 rings (SSSR count). The molecule has 1 aliphatic heterocycles. The predicted molar refractivity (Wildman–Crippen MR) is 110 cm³/mol. The molecule has 0 radical (unpaired) electrons. The van der Waals surface area contributed by atoms with E-state index in [0.29, 0.717) is 12.2 Å².